The van der Waals surface area contributed by atoms with E-state index in [1.165, 1.54) is 13.2 Å². The first-order chi connectivity index (χ1) is 5.27. The van der Waals surface area contributed by atoms with Crippen molar-refractivity contribution in [1.82, 2.24) is 0 Å². The number of carbonyl (C=O) groups is 1. The summed E-state index contributed by atoms with van der Waals surface area (Å²) in [6.45, 7) is 0. The summed E-state index contributed by atoms with van der Waals surface area (Å²) in [5.41, 5.74) is 0.450. The third-order valence-corrected chi connectivity index (χ3v) is 1.67. The van der Waals surface area contributed by atoms with Gasteiger partial charge in [0.25, 0.3) is 0 Å². The first kappa shape index (κ1) is 7.85. The van der Waals surface area contributed by atoms with Crippen LogP contribution in [0, 0.1) is 0 Å². The lowest BCUT2D eigenvalue weighted by Crippen LogP contribution is -2.07. The first-order valence-electron chi connectivity index (χ1n) is 3.40. The van der Waals surface area contributed by atoms with E-state index in [0.717, 1.165) is 6.26 Å². The number of aliphatic hydroxyl groups excluding tert-OH is 1. The second-order valence-electron chi connectivity index (χ2n) is 2.33. The highest BCUT2D eigenvalue weighted by molar-refractivity contribution is 6.04. The molecule has 0 fully saturated rings. The molecule has 3 heteroatoms. The van der Waals surface area contributed by atoms with Crippen LogP contribution in [0.15, 0.2) is 23.7 Å². The topological polar surface area (TPSA) is 46.5 Å². The molecular weight excluding hydrogens is 144 g/mol. The van der Waals surface area contributed by atoms with Crippen molar-refractivity contribution in [1.29, 1.82) is 0 Å². The Morgan fingerprint density at radius 2 is 2.36 bits per heavy atom. The summed E-state index contributed by atoms with van der Waals surface area (Å²) >= 11 is 0. The second kappa shape index (κ2) is 3.23. The fourth-order valence-electron chi connectivity index (χ4n) is 0.981. The Bertz CT molecular complexity index is 225. The summed E-state index contributed by atoms with van der Waals surface area (Å²) in [5.74, 6) is 0.524. The summed E-state index contributed by atoms with van der Waals surface area (Å²) in [4.78, 5) is 11.0. The van der Waals surface area contributed by atoms with Crippen LogP contribution in [0.3, 0.4) is 0 Å². The lowest BCUT2D eigenvalue weighted by Gasteiger charge is -2.11. The molecule has 0 aromatic rings. The Hall–Kier alpha value is -1.25. The van der Waals surface area contributed by atoms with E-state index in [1.807, 2.05) is 0 Å². The molecule has 0 aromatic carbocycles. The third kappa shape index (κ3) is 1.61. The molecule has 1 rings (SSSR count). The number of hydrogen-bond donors (Lipinski definition) is 1. The standard InChI is InChI=1S/C8H10O3/c1-11-7-3-2-6(5-9)8(10)4-7/h4-5,9H,2-3H2,1H3. The Balaban J connectivity index is 2.78. The van der Waals surface area contributed by atoms with Crippen molar-refractivity contribution in [2.24, 2.45) is 0 Å². The number of hydrogen-bond acceptors (Lipinski definition) is 3. The summed E-state index contributed by atoms with van der Waals surface area (Å²) in [6, 6.07) is 0. The molecule has 0 saturated carbocycles. The van der Waals surface area contributed by atoms with Crippen LogP contribution in [-0.2, 0) is 9.53 Å². The number of aliphatic hydroxyl groups is 1. The molecule has 0 bridgehead atoms. The average Bonchev–Trinajstić information content (AvgIpc) is 2.04. The van der Waals surface area contributed by atoms with Gasteiger partial charge in [-0.3, -0.25) is 4.79 Å². The Labute approximate surface area is 65.0 Å². The maximum atomic E-state index is 11.0. The number of ether oxygens (including phenoxy) is 1. The maximum Gasteiger partial charge on any atom is 0.188 e. The van der Waals surface area contributed by atoms with Crippen LogP contribution in [0.1, 0.15) is 12.8 Å². The molecule has 1 N–H and O–H groups in total. The Morgan fingerprint density at radius 3 is 2.82 bits per heavy atom. The van der Waals surface area contributed by atoms with Gasteiger partial charge in [0.15, 0.2) is 5.78 Å². The van der Waals surface area contributed by atoms with Crippen LogP contribution in [-0.4, -0.2) is 18.0 Å². The van der Waals surface area contributed by atoms with Crippen LogP contribution in [0.25, 0.3) is 0 Å². The highest BCUT2D eigenvalue weighted by atomic mass is 16.5. The molecule has 0 heterocycles. The lowest BCUT2D eigenvalue weighted by molar-refractivity contribution is -0.112. The highest BCUT2D eigenvalue weighted by Gasteiger charge is 2.15. The van der Waals surface area contributed by atoms with E-state index in [9.17, 15) is 4.79 Å². The molecule has 1 aliphatic rings. The minimum absolute atomic E-state index is 0.157. The van der Waals surface area contributed by atoms with Crippen LogP contribution in [0.4, 0.5) is 0 Å². The van der Waals surface area contributed by atoms with Crippen molar-refractivity contribution in [2.45, 2.75) is 12.8 Å². The summed E-state index contributed by atoms with van der Waals surface area (Å²) < 4.78 is 4.89. The van der Waals surface area contributed by atoms with Crippen molar-refractivity contribution in [3.05, 3.63) is 23.7 Å². The van der Waals surface area contributed by atoms with Crippen LogP contribution in [0.5, 0.6) is 0 Å². The largest absolute Gasteiger partial charge is 0.515 e. The number of carbonyl (C=O) groups excluding carboxylic acids is 1. The summed E-state index contributed by atoms with van der Waals surface area (Å²) in [6.07, 6.45) is 3.53. The van der Waals surface area contributed by atoms with Gasteiger partial charge in [0.2, 0.25) is 0 Å². The molecule has 1 aliphatic carbocycles. The molecule has 0 radical (unpaired) electrons. The molecule has 0 unspecified atom stereocenters. The zero-order valence-corrected chi connectivity index (χ0v) is 6.33. The van der Waals surface area contributed by atoms with Crippen LogP contribution >= 0.6 is 0 Å². The second-order valence-corrected chi connectivity index (χ2v) is 2.33. The Kier molecular flexibility index (Phi) is 2.31. The van der Waals surface area contributed by atoms with Gasteiger partial charge in [-0.2, -0.15) is 0 Å². The van der Waals surface area contributed by atoms with E-state index in [1.54, 1.807) is 0 Å². The molecular formula is C8H10O3. The average molecular weight is 154 g/mol. The zero-order chi connectivity index (χ0) is 8.27. The number of methoxy groups -OCH3 is 1. The van der Waals surface area contributed by atoms with Gasteiger partial charge in [-0.25, -0.2) is 0 Å². The minimum Gasteiger partial charge on any atom is -0.515 e. The van der Waals surface area contributed by atoms with Crippen molar-refractivity contribution in [3.8, 4) is 0 Å². The minimum atomic E-state index is -0.157. The Morgan fingerprint density at radius 1 is 1.64 bits per heavy atom. The fourth-order valence-corrected chi connectivity index (χ4v) is 0.981. The van der Waals surface area contributed by atoms with Gasteiger partial charge >= 0.3 is 0 Å². The predicted molar refractivity (Wildman–Crippen MR) is 40.0 cm³/mol. The van der Waals surface area contributed by atoms with Crippen LogP contribution in [0.2, 0.25) is 0 Å². The van der Waals surface area contributed by atoms with Crippen molar-refractivity contribution >= 4 is 5.78 Å². The van der Waals surface area contributed by atoms with E-state index in [4.69, 9.17) is 9.84 Å². The zero-order valence-electron chi connectivity index (χ0n) is 6.33. The van der Waals surface area contributed by atoms with Gasteiger partial charge in [-0.15, -0.1) is 0 Å². The molecule has 0 amide bonds. The fraction of sp³-hybridized carbons (Fsp3) is 0.375. The summed E-state index contributed by atoms with van der Waals surface area (Å²) in [7, 11) is 1.53. The number of rotatable bonds is 1. The van der Waals surface area contributed by atoms with Gasteiger partial charge in [0.1, 0.15) is 0 Å². The highest BCUT2D eigenvalue weighted by Crippen LogP contribution is 2.19. The molecule has 0 atom stereocenters. The molecule has 0 saturated heterocycles. The van der Waals surface area contributed by atoms with Gasteiger partial charge in [0.05, 0.1) is 19.1 Å². The number of allylic oxidation sites excluding steroid dienone is 3. The van der Waals surface area contributed by atoms with Gasteiger partial charge in [-0.1, -0.05) is 0 Å². The molecule has 0 aromatic heterocycles. The third-order valence-electron chi connectivity index (χ3n) is 1.67. The molecule has 0 spiro atoms. The predicted octanol–water partition coefficient (Wildman–Crippen LogP) is 1.32. The van der Waals surface area contributed by atoms with E-state index in [0.29, 0.717) is 24.2 Å². The SMILES string of the molecule is COC1=CC(=O)C(=CO)CC1. The molecule has 3 nitrogen and oxygen atoms in total. The monoisotopic (exact) mass is 154 g/mol. The normalized spacial score (nSPS) is 21.7. The lowest BCUT2D eigenvalue weighted by atomic mass is 10.00. The first-order valence-corrected chi connectivity index (χ1v) is 3.40. The molecule has 0 aliphatic heterocycles. The van der Waals surface area contributed by atoms with Crippen molar-refractivity contribution < 1.29 is 14.6 Å². The van der Waals surface area contributed by atoms with Gasteiger partial charge < -0.3 is 9.84 Å². The maximum absolute atomic E-state index is 11.0. The number of ketones is 1. The van der Waals surface area contributed by atoms with Crippen LogP contribution < -0.4 is 0 Å². The summed E-state index contributed by atoms with van der Waals surface area (Å²) in [5, 5.41) is 8.57. The smallest absolute Gasteiger partial charge is 0.188 e. The van der Waals surface area contributed by atoms with Crippen molar-refractivity contribution in [3.63, 3.8) is 0 Å². The van der Waals surface area contributed by atoms with E-state index < -0.39 is 0 Å². The molecule has 11 heavy (non-hydrogen) atoms. The van der Waals surface area contributed by atoms with E-state index >= 15 is 0 Å². The van der Waals surface area contributed by atoms with E-state index in [2.05, 4.69) is 0 Å². The van der Waals surface area contributed by atoms with Gasteiger partial charge in [0, 0.05) is 18.1 Å². The quantitative estimate of drug-likeness (QED) is 0.457. The van der Waals surface area contributed by atoms with Gasteiger partial charge in [-0.05, 0) is 6.42 Å². The van der Waals surface area contributed by atoms with E-state index in [-0.39, 0.29) is 5.78 Å². The molecule has 60 valence electrons. The van der Waals surface area contributed by atoms with Crippen molar-refractivity contribution in [2.75, 3.05) is 7.11 Å².